The molecule has 0 spiro atoms. The highest BCUT2D eigenvalue weighted by Gasteiger charge is 2.33. The van der Waals surface area contributed by atoms with Gasteiger partial charge in [0.25, 0.3) is 0 Å². The molecule has 0 aliphatic heterocycles. The highest BCUT2D eigenvalue weighted by atomic mass is 32.2. The molecule has 7 heteroatoms. The molecular weight excluding hydrogens is 342 g/mol. The van der Waals surface area contributed by atoms with Crippen LogP contribution in [0.1, 0.15) is 32.4 Å². The predicted octanol–water partition coefficient (Wildman–Crippen LogP) is 2.29. The van der Waals surface area contributed by atoms with Gasteiger partial charge >= 0.3 is 5.97 Å². The van der Waals surface area contributed by atoms with E-state index < -0.39 is 38.3 Å². The molecule has 1 amide bonds. The van der Waals surface area contributed by atoms with Crippen molar-refractivity contribution in [2.24, 2.45) is 0 Å². The van der Waals surface area contributed by atoms with Crippen LogP contribution < -0.4 is 5.32 Å². The number of carboxylic acids is 1. The largest absolute Gasteiger partial charge is 0.479 e. The smallest absolute Gasteiger partial charge is 0.330 e. The van der Waals surface area contributed by atoms with Crippen molar-refractivity contribution >= 4 is 32.5 Å². The number of aliphatic carboxylic acids is 1. The van der Waals surface area contributed by atoms with Crippen LogP contribution in [-0.2, 0) is 19.4 Å². The van der Waals surface area contributed by atoms with Crippen LogP contribution in [0.5, 0.6) is 0 Å². The lowest BCUT2D eigenvalue weighted by Crippen LogP contribution is -2.41. The van der Waals surface area contributed by atoms with Crippen molar-refractivity contribution in [3.05, 3.63) is 48.0 Å². The molecule has 134 valence electrons. The van der Waals surface area contributed by atoms with Gasteiger partial charge in [-0.2, -0.15) is 0 Å². The van der Waals surface area contributed by atoms with E-state index in [0.717, 1.165) is 10.8 Å². The number of fused-ring (bicyclic) bond motifs is 1. The Morgan fingerprint density at radius 1 is 1.08 bits per heavy atom. The third-order valence-electron chi connectivity index (χ3n) is 3.91. The summed E-state index contributed by atoms with van der Waals surface area (Å²) in [6.07, 6.45) is 0. The summed E-state index contributed by atoms with van der Waals surface area (Å²) in [7, 11) is -3.69. The molecule has 0 radical (unpaired) electrons. The van der Waals surface area contributed by atoms with Crippen LogP contribution in [0, 0.1) is 0 Å². The Kier molecular flexibility index (Phi) is 5.17. The molecule has 0 heterocycles. The lowest BCUT2D eigenvalue weighted by atomic mass is 10.0. The van der Waals surface area contributed by atoms with Crippen LogP contribution in [0.3, 0.4) is 0 Å². The van der Waals surface area contributed by atoms with Gasteiger partial charge in [-0.1, -0.05) is 36.4 Å². The minimum atomic E-state index is -3.69. The highest BCUT2D eigenvalue weighted by molar-refractivity contribution is 7.93. The summed E-state index contributed by atoms with van der Waals surface area (Å²) in [6.45, 7) is 4.48. The molecule has 2 rings (SSSR count). The molecule has 2 aromatic rings. The minimum Gasteiger partial charge on any atom is -0.479 e. The number of carbonyl (C=O) groups excluding carboxylic acids is 1. The number of hydrogen-bond acceptors (Lipinski definition) is 4. The van der Waals surface area contributed by atoms with Gasteiger partial charge in [0.2, 0.25) is 5.91 Å². The Labute approximate surface area is 146 Å². The van der Waals surface area contributed by atoms with Gasteiger partial charge in [-0.05, 0) is 43.2 Å². The molecule has 2 N–H and O–H groups in total. The standard InChI is InChI=1S/C18H21NO5S/c1-18(2,3)25(23,24)11-15(20)19-16(17(21)22)14-9-8-12-6-4-5-7-13(12)10-14/h4-10,16H,11H2,1-3H3,(H,19,20)(H,21,22). The summed E-state index contributed by atoms with van der Waals surface area (Å²) in [5.41, 5.74) is 0.382. The molecule has 25 heavy (non-hydrogen) atoms. The van der Waals surface area contributed by atoms with Crippen LogP contribution in [0.25, 0.3) is 10.8 Å². The van der Waals surface area contributed by atoms with Gasteiger partial charge in [0.15, 0.2) is 15.9 Å². The summed E-state index contributed by atoms with van der Waals surface area (Å²) >= 11 is 0. The first-order valence-electron chi connectivity index (χ1n) is 7.74. The van der Waals surface area contributed by atoms with E-state index in [1.165, 1.54) is 20.8 Å². The first-order valence-corrected chi connectivity index (χ1v) is 9.40. The zero-order valence-corrected chi connectivity index (χ0v) is 15.1. The molecule has 0 bridgehead atoms. The van der Waals surface area contributed by atoms with Gasteiger partial charge in [-0.3, -0.25) is 4.79 Å². The van der Waals surface area contributed by atoms with Crippen molar-refractivity contribution in [2.75, 3.05) is 5.75 Å². The highest BCUT2D eigenvalue weighted by Crippen LogP contribution is 2.21. The Balaban J connectivity index is 2.26. The van der Waals surface area contributed by atoms with Gasteiger partial charge in [-0.15, -0.1) is 0 Å². The van der Waals surface area contributed by atoms with Crippen LogP contribution in [0.15, 0.2) is 42.5 Å². The van der Waals surface area contributed by atoms with Crippen molar-refractivity contribution < 1.29 is 23.1 Å². The third kappa shape index (κ3) is 4.36. The molecule has 6 nitrogen and oxygen atoms in total. The SMILES string of the molecule is CC(C)(C)S(=O)(=O)CC(=O)NC(C(=O)O)c1ccc2ccccc2c1. The lowest BCUT2D eigenvalue weighted by molar-refractivity contribution is -0.141. The number of amides is 1. The predicted molar refractivity (Wildman–Crippen MR) is 96.0 cm³/mol. The van der Waals surface area contributed by atoms with Crippen LogP contribution in [0.4, 0.5) is 0 Å². The van der Waals surface area contributed by atoms with E-state index in [0.29, 0.717) is 5.56 Å². The maximum absolute atomic E-state index is 12.1. The molecule has 0 aromatic heterocycles. The van der Waals surface area contributed by atoms with Crippen molar-refractivity contribution in [1.82, 2.24) is 5.32 Å². The molecule has 2 aromatic carbocycles. The second kappa shape index (κ2) is 6.84. The maximum atomic E-state index is 12.1. The lowest BCUT2D eigenvalue weighted by Gasteiger charge is -2.20. The van der Waals surface area contributed by atoms with E-state index in [9.17, 15) is 23.1 Å². The van der Waals surface area contributed by atoms with Gasteiger partial charge in [0.1, 0.15) is 5.75 Å². The topological polar surface area (TPSA) is 101 Å². The zero-order valence-electron chi connectivity index (χ0n) is 14.3. The summed E-state index contributed by atoms with van der Waals surface area (Å²) in [6, 6.07) is 11.2. The fourth-order valence-electron chi connectivity index (χ4n) is 2.27. The van der Waals surface area contributed by atoms with E-state index in [2.05, 4.69) is 5.32 Å². The zero-order chi connectivity index (χ0) is 18.8. The van der Waals surface area contributed by atoms with E-state index in [-0.39, 0.29) is 0 Å². The molecule has 0 aliphatic carbocycles. The Morgan fingerprint density at radius 2 is 1.68 bits per heavy atom. The van der Waals surface area contributed by atoms with Crippen molar-refractivity contribution in [1.29, 1.82) is 0 Å². The minimum absolute atomic E-state index is 0.382. The van der Waals surface area contributed by atoms with Gasteiger partial charge in [0.05, 0.1) is 4.75 Å². The summed E-state index contributed by atoms with van der Waals surface area (Å²) in [5, 5.41) is 13.5. The number of benzene rings is 2. The van der Waals surface area contributed by atoms with E-state index in [1.807, 2.05) is 24.3 Å². The number of carboxylic acid groups (broad SMARTS) is 1. The average Bonchev–Trinajstić information content (AvgIpc) is 2.50. The first-order chi connectivity index (χ1) is 11.5. The number of hydrogen-bond donors (Lipinski definition) is 2. The number of sulfone groups is 1. The normalized spacial score (nSPS) is 13.4. The fourth-order valence-corrected chi connectivity index (χ4v) is 3.13. The number of carbonyl (C=O) groups is 2. The molecule has 1 unspecified atom stereocenters. The Morgan fingerprint density at radius 3 is 2.24 bits per heavy atom. The van der Waals surface area contributed by atoms with E-state index >= 15 is 0 Å². The van der Waals surface area contributed by atoms with Crippen LogP contribution in [-0.4, -0.2) is 35.9 Å². The van der Waals surface area contributed by atoms with E-state index in [4.69, 9.17) is 0 Å². The number of rotatable bonds is 5. The quantitative estimate of drug-likeness (QED) is 0.849. The summed E-state index contributed by atoms with van der Waals surface area (Å²) < 4.78 is 23.1. The molecule has 0 saturated heterocycles. The first kappa shape index (κ1) is 18.9. The molecule has 0 saturated carbocycles. The van der Waals surface area contributed by atoms with Crippen molar-refractivity contribution in [2.45, 2.75) is 31.6 Å². The van der Waals surface area contributed by atoms with E-state index in [1.54, 1.807) is 18.2 Å². The van der Waals surface area contributed by atoms with Gasteiger partial charge < -0.3 is 10.4 Å². The maximum Gasteiger partial charge on any atom is 0.330 e. The fraction of sp³-hybridized carbons (Fsp3) is 0.333. The molecule has 0 aliphatic rings. The van der Waals surface area contributed by atoms with Crippen LogP contribution >= 0.6 is 0 Å². The monoisotopic (exact) mass is 363 g/mol. The van der Waals surface area contributed by atoms with Crippen molar-refractivity contribution in [3.8, 4) is 0 Å². The Bertz CT molecular complexity index is 912. The van der Waals surface area contributed by atoms with Crippen molar-refractivity contribution in [3.63, 3.8) is 0 Å². The molecule has 0 fully saturated rings. The second-order valence-electron chi connectivity index (χ2n) is 6.82. The second-order valence-corrected chi connectivity index (χ2v) is 9.56. The van der Waals surface area contributed by atoms with Crippen LogP contribution in [0.2, 0.25) is 0 Å². The van der Waals surface area contributed by atoms with Gasteiger partial charge in [0, 0.05) is 0 Å². The summed E-state index contributed by atoms with van der Waals surface area (Å²) in [4.78, 5) is 23.7. The molecule has 1 atom stereocenters. The molecular formula is C18H21NO5S. The Hall–Kier alpha value is -2.41. The average molecular weight is 363 g/mol. The summed E-state index contributed by atoms with van der Waals surface area (Å²) in [5.74, 6) is -2.85. The van der Waals surface area contributed by atoms with Gasteiger partial charge in [-0.25, -0.2) is 13.2 Å². The number of nitrogens with one attached hydrogen (secondary N) is 1. The third-order valence-corrected chi connectivity index (χ3v) is 6.42.